The Balaban J connectivity index is 2.37. The lowest BCUT2D eigenvalue weighted by atomic mass is 10.1. The van der Waals surface area contributed by atoms with Crippen molar-refractivity contribution in [2.24, 2.45) is 5.73 Å². The summed E-state index contributed by atoms with van der Waals surface area (Å²) in [4.78, 5) is -0.605. The van der Waals surface area contributed by atoms with Gasteiger partial charge in [0.2, 0.25) is 10.0 Å². The van der Waals surface area contributed by atoms with Gasteiger partial charge in [0, 0.05) is 19.1 Å². The number of sulfonamides is 1. The second kappa shape index (κ2) is 5.15. The van der Waals surface area contributed by atoms with Gasteiger partial charge in [-0.05, 0) is 37.5 Å². The highest BCUT2D eigenvalue weighted by atomic mass is 32.2. The summed E-state index contributed by atoms with van der Waals surface area (Å²) in [6, 6.07) is 1.61. The second-order valence-electron chi connectivity index (χ2n) is 4.77. The fraction of sp³-hybridized carbons (Fsp3) is 0.500. The molecule has 0 saturated carbocycles. The first-order valence-corrected chi connectivity index (χ1v) is 7.48. The third-order valence-corrected chi connectivity index (χ3v) is 5.24. The quantitative estimate of drug-likeness (QED) is 0.895. The fourth-order valence-corrected chi connectivity index (χ4v) is 3.61. The highest BCUT2D eigenvalue weighted by Gasteiger charge is 2.31. The van der Waals surface area contributed by atoms with Crippen LogP contribution < -0.4 is 5.73 Å². The minimum atomic E-state index is -3.99. The van der Waals surface area contributed by atoms with E-state index >= 15 is 0 Å². The number of aryl methyl sites for hydroxylation is 1. The topological polar surface area (TPSA) is 63.4 Å². The predicted octanol–water partition coefficient (Wildman–Crippen LogP) is 1.39. The average Bonchev–Trinajstić information content (AvgIpc) is 2.34. The lowest BCUT2D eigenvalue weighted by Gasteiger charge is -2.29. The zero-order valence-electron chi connectivity index (χ0n) is 10.6. The van der Waals surface area contributed by atoms with Gasteiger partial charge < -0.3 is 5.73 Å². The Bertz CT molecular complexity index is 582. The van der Waals surface area contributed by atoms with Crippen molar-refractivity contribution in [1.82, 2.24) is 4.31 Å². The predicted molar refractivity (Wildman–Crippen MR) is 67.1 cm³/mol. The maximum atomic E-state index is 13.8. The Kier molecular flexibility index (Phi) is 3.89. The number of piperidine rings is 1. The van der Waals surface area contributed by atoms with Crippen molar-refractivity contribution in [2.45, 2.75) is 30.7 Å². The van der Waals surface area contributed by atoms with Crippen LogP contribution >= 0.6 is 0 Å². The maximum absolute atomic E-state index is 13.8. The van der Waals surface area contributed by atoms with Gasteiger partial charge in [-0.1, -0.05) is 0 Å². The minimum Gasteiger partial charge on any atom is -0.328 e. The molecule has 1 aliphatic heterocycles. The van der Waals surface area contributed by atoms with Crippen molar-refractivity contribution in [1.29, 1.82) is 0 Å². The van der Waals surface area contributed by atoms with Crippen molar-refractivity contribution in [3.8, 4) is 0 Å². The monoisotopic (exact) mass is 290 g/mol. The largest absolute Gasteiger partial charge is 0.328 e. The second-order valence-corrected chi connectivity index (χ2v) is 6.68. The number of hydrogen-bond acceptors (Lipinski definition) is 3. The first kappa shape index (κ1) is 14.4. The molecule has 106 valence electrons. The van der Waals surface area contributed by atoms with Crippen molar-refractivity contribution < 1.29 is 17.2 Å². The molecular formula is C12H16F2N2O2S. The third-order valence-electron chi connectivity index (χ3n) is 3.33. The van der Waals surface area contributed by atoms with Crippen LogP contribution in [0.15, 0.2) is 17.0 Å². The van der Waals surface area contributed by atoms with E-state index in [0.29, 0.717) is 12.8 Å². The van der Waals surface area contributed by atoms with Crippen molar-refractivity contribution >= 4 is 10.0 Å². The Morgan fingerprint density at radius 3 is 2.37 bits per heavy atom. The molecule has 0 aromatic heterocycles. The van der Waals surface area contributed by atoms with Crippen LogP contribution in [0.25, 0.3) is 0 Å². The van der Waals surface area contributed by atoms with Crippen LogP contribution in [-0.2, 0) is 10.0 Å². The maximum Gasteiger partial charge on any atom is 0.246 e. The van der Waals surface area contributed by atoms with E-state index in [4.69, 9.17) is 5.73 Å². The fourth-order valence-electron chi connectivity index (χ4n) is 2.08. The zero-order chi connectivity index (χ0) is 14.2. The summed E-state index contributed by atoms with van der Waals surface area (Å²) in [5.74, 6) is -1.65. The summed E-state index contributed by atoms with van der Waals surface area (Å²) in [5.41, 5.74) is 5.78. The van der Waals surface area contributed by atoms with Crippen molar-refractivity contribution in [2.75, 3.05) is 13.1 Å². The molecule has 1 aromatic carbocycles. The van der Waals surface area contributed by atoms with Gasteiger partial charge in [0.05, 0.1) is 0 Å². The summed E-state index contributed by atoms with van der Waals surface area (Å²) in [6.07, 6.45) is 1.05. The van der Waals surface area contributed by atoms with E-state index in [-0.39, 0.29) is 24.7 Å². The van der Waals surface area contributed by atoms with Gasteiger partial charge >= 0.3 is 0 Å². The third kappa shape index (κ3) is 2.77. The summed E-state index contributed by atoms with van der Waals surface area (Å²) in [6.45, 7) is 1.85. The molecule has 0 bridgehead atoms. The van der Waals surface area contributed by atoms with E-state index in [1.54, 1.807) is 0 Å². The molecule has 0 radical (unpaired) electrons. The van der Waals surface area contributed by atoms with Gasteiger partial charge in [-0.2, -0.15) is 4.31 Å². The molecule has 0 atom stereocenters. The number of halogens is 2. The molecule has 19 heavy (non-hydrogen) atoms. The Labute approximate surface area is 111 Å². The first-order valence-electron chi connectivity index (χ1n) is 6.03. The molecule has 1 fully saturated rings. The summed E-state index contributed by atoms with van der Waals surface area (Å²) in [5, 5.41) is 0. The molecule has 7 heteroatoms. The molecule has 0 aliphatic carbocycles. The molecule has 2 rings (SSSR count). The van der Waals surface area contributed by atoms with Gasteiger partial charge in [-0.3, -0.25) is 0 Å². The number of hydrogen-bond donors (Lipinski definition) is 1. The highest BCUT2D eigenvalue weighted by molar-refractivity contribution is 7.89. The molecule has 1 heterocycles. The molecule has 4 nitrogen and oxygen atoms in total. The van der Waals surface area contributed by atoms with Crippen LogP contribution in [0.4, 0.5) is 8.78 Å². The molecule has 0 spiro atoms. The van der Waals surface area contributed by atoms with E-state index in [9.17, 15) is 17.2 Å². The molecule has 1 saturated heterocycles. The van der Waals surface area contributed by atoms with Crippen LogP contribution in [0, 0.1) is 18.6 Å². The van der Waals surface area contributed by atoms with E-state index in [2.05, 4.69) is 0 Å². The highest BCUT2D eigenvalue weighted by Crippen LogP contribution is 2.24. The minimum absolute atomic E-state index is 0.0361. The van der Waals surface area contributed by atoms with E-state index in [1.807, 2.05) is 0 Å². The van der Waals surface area contributed by atoms with Gasteiger partial charge in [-0.25, -0.2) is 17.2 Å². The number of benzene rings is 1. The summed E-state index contributed by atoms with van der Waals surface area (Å²) < 4.78 is 52.9. The Morgan fingerprint density at radius 2 is 1.79 bits per heavy atom. The lowest BCUT2D eigenvalue weighted by Crippen LogP contribution is -2.43. The molecule has 0 amide bonds. The van der Waals surface area contributed by atoms with E-state index in [1.165, 1.54) is 6.92 Å². The first-order chi connectivity index (χ1) is 8.82. The van der Waals surface area contributed by atoms with Gasteiger partial charge in [0.25, 0.3) is 0 Å². The molecule has 2 N–H and O–H groups in total. The van der Waals surface area contributed by atoms with Crippen LogP contribution in [-0.4, -0.2) is 31.9 Å². The molecular weight excluding hydrogens is 274 g/mol. The smallest absolute Gasteiger partial charge is 0.246 e. The van der Waals surface area contributed by atoms with Gasteiger partial charge in [-0.15, -0.1) is 0 Å². The summed E-state index contributed by atoms with van der Waals surface area (Å²) >= 11 is 0. The average molecular weight is 290 g/mol. The Morgan fingerprint density at radius 1 is 1.21 bits per heavy atom. The van der Waals surface area contributed by atoms with Crippen LogP contribution in [0.1, 0.15) is 18.4 Å². The van der Waals surface area contributed by atoms with Gasteiger partial charge in [0.15, 0.2) is 0 Å². The van der Waals surface area contributed by atoms with Crippen LogP contribution in [0.2, 0.25) is 0 Å². The molecule has 1 aliphatic rings. The molecule has 0 unspecified atom stereocenters. The van der Waals surface area contributed by atoms with Crippen molar-refractivity contribution in [3.05, 3.63) is 29.3 Å². The Hall–Kier alpha value is -1.05. The van der Waals surface area contributed by atoms with Crippen LogP contribution in [0.5, 0.6) is 0 Å². The SMILES string of the molecule is Cc1cc(F)c(S(=O)(=O)N2CCC(N)CC2)cc1F. The van der Waals surface area contributed by atoms with Crippen LogP contribution in [0.3, 0.4) is 0 Å². The number of nitrogens with two attached hydrogens (primary N) is 1. The zero-order valence-corrected chi connectivity index (χ0v) is 11.4. The number of rotatable bonds is 2. The normalized spacial score (nSPS) is 18.7. The van der Waals surface area contributed by atoms with E-state index in [0.717, 1.165) is 16.4 Å². The van der Waals surface area contributed by atoms with E-state index < -0.39 is 26.6 Å². The number of nitrogens with zero attached hydrogens (tertiary/aromatic N) is 1. The van der Waals surface area contributed by atoms with Crippen molar-refractivity contribution in [3.63, 3.8) is 0 Å². The standard InChI is InChI=1S/C12H16F2N2O2S/c1-8-6-11(14)12(7-10(8)13)19(17,18)16-4-2-9(15)3-5-16/h6-7,9H,2-5,15H2,1H3. The summed E-state index contributed by atoms with van der Waals surface area (Å²) in [7, 11) is -3.99. The lowest BCUT2D eigenvalue weighted by molar-refractivity contribution is 0.318. The molecule has 1 aromatic rings. The van der Waals surface area contributed by atoms with Gasteiger partial charge in [0.1, 0.15) is 16.5 Å².